The summed E-state index contributed by atoms with van der Waals surface area (Å²) < 4.78 is 9.26. The molecule has 8 aromatic carbocycles. The summed E-state index contributed by atoms with van der Waals surface area (Å²) in [6.45, 7) is 0. The number of para-hydroxylation sites is 2. The number of rotatable bonds is 5. The molecule has 0 aliphatic carbocycles. The van der Waals surface area contributed by atoms with E-state index in [2.05, 4.69) is 175 Å². The first-order chi connectivity index (χ1) is 24.3. The molecule has 3 heteroatoms. The van der Waals surface area contributed by atoms with Crippen LogP contribution in [0.3, 0.4) is 0 Å². The van der Waals surface area contributed by atoms with Crippen molar-refractivity contribution >= 4 is 81.3 Å². The van der Waals surface area contributed by atoms with Gasteiger partial charge in [-0.1, -0.05) is 133 Å². The first kappa shape index (κ1) is 27.9. The second-order valence-corrected chi connectivity index (χ2v) is 13.5. The van der Waals surface area contributed by atoms with Gasteiger partial charge in [0.2, 0.25) is 0 Å². The highest BCUT2D eigenvalue weighted by molar-refractivity contribution is 7.26. The number of thiophene rings is 1. The molecule has 0 aliphatic rings. The number of benzene rings is 8. The third kappa shape index (κ3) is 4.55. The van der Waals surface area contributed by atoms with Crippen LogP contribution >= 0.6 is 11.3 Å². The quantitative estimate of drug-likeness (QED) is 0.186. The lowest BCUT2D eigenvalue weighted by molar-refractivity contribution is 0.669. The molecule has 2 aromatic heterocycles. The van der Waals surface area contributed by atoms with Crippen LogP contribution in [-0.2, 0) is 0 Å². The Hall–Kier alpha value is -6.16. The van der Waals surface area contributed by atoms with Crippen molar-refractivity contribution in [2.75, 3.05) is 4.90 Å². The molecule has 0 bridgehead atoms. The summed E-state index contributed by atoms with van der Waals surface area (Å²) in [4.78, 5) is 2.35. The second-order valence-electron chi connectivity index (χ2n) is 12.5. The fraction of sp³-hybridized carbons (Fsp3) is 0. The van der Waals surface area contributed by atoms with Gasteiger partial charge in [-0.05, 0) is 69.9 Å². The molecule has 0 amide bonds. The average Bonchev–Trinajstić information content (AvgIpc) is 3.75. The van der Waals surface area contributed by atoms with Gasteiger partial charge < -0.3 is 9.32 Å². The topological polar surface area (TPSA) is 16.4 Å². The van der Waals surface area contributed by atoms with Crippen LogP contribution in [0.2, 0.25) is 0 Å². The number of anilines is 3. The van der Waals surface area contributed by atoms with Crippen LogP contribution in [0.1, 0.15) is 0 Å². The fourth-order valence-corrected chi connectivity index (χ4v) is 8.60. The maximum atomic E-state index is 6.64. The van der Waals surface area contributed by atoms with Crippen LogP contribution in [0.15, 0.2) is 180 Å². The average molecular weight is 644 g/mol. The Morgan fingerprint density at radius 1 is 0.429 bits per heavy atom. The fourth-order valence-electron chi connectivity index (χ4n) is 7.37. The highest BCUT2D eigenvalue weighted by Gasteiger charge is 2.22. The maximum Gasteiger partial charge on any atom is 0.159 e. The smallest absolute Gasteiger partial charge is 0.159 e. The van der Waals surface area contributed by atoms with Crippen LogP contribution in [0, 0.1) is 0 Å². The summed E-state index contributed by atoms with van der Waals surface area (Å²) in [5, 5.41) is 7.24. The van der Waals surface area contributed by atoms with Gasteiger partial charge in [0.05, 0.1) is 5.69 Å². The normalized spacial score (nSPS) is 11.7. The van der Waals surface area contributed by atoms with E-state index in [-0.39, 0.29) is 0 Å². The summed E-state index contributed by atoms with van der Waals surface area (Å²) >= 11 is 1.87. The zero-order chi connectivity index (χ0) is 32.3. The minimum Gasteiger partial charge on any atom is -0.454 e. The molecule has 0 fully saturated rings. The Kier molecular flexibility index (Phi) is 6.39. The van der Waals surface area contributed by atoms with Gasteiger partial charge in [-0.25, -0.2) is 0 Å². The van der Waals surface area contributed by atoms with Crippen LogP contribution in [0.25, 0.3) is 75.1 Å². The molecule has 0 N–H and O–H groups in total. The van der Waals surface area contributed by atoms with Crippen LogP contribution in [-0.4, -0.2) is 0 Å². The van der Waals surface area contributed by atoms with Gasteiger partial charge in [0.1, 0.15) is 5.58 Å². The Balaban J connectivity index is 1.25. The summed E-state index contributed by atoms with van der Waals surface area (Å²) in [5.41, 5.74) is 9.73. The molecule has 230 valence electrons. The molecule has 49 heavy (non-hydrogen) atoms. The molecule has 0 aliphatic heterocycles. The van der Waals surface area contributed by atoms with E-state index in [9.17, 15) is 0 Å². The largest absolute Gasteiger partial charge is 0.454 e. The Bertz CT molecular complexity index is 2840. The van der Waals surface area contributed by atoms with Crippen molar-refractivity contribution in [1.29, 1.82) is 0 Å². The minimum atomic E-state index is 0.872. The molecular formula is C46H29NOS. The highest BCUT2D eigenvalue weighted by atomic mass is 32.1. The lowest BCUT2D eigenvalue weighted by Gasteiger charge is -2.27. The van der Waals surface area contributed by atoms with Crippen LogP contribution < -0.4 is 4.90 Å². The van der Waals surface area contributed by atoms with E-state index in [1.807, 2.05) is 17.4 Å². The number of nitrogens with zero attached hydrogens (tertiary/aromatic N) is 1. The van der Waals surface area contributed by atoms with E-state index >= 15 is 0 Å². The number of furan rings is 1. The standard InChI is InChI=1S/C46H29NOS/c1-2-13-31(14-3-1)41-29-34(26-27-35(41)39-19-10-20-40-37-17-7-9-23-44(37)49-46(39)40)47(33-25-24-30-12-4-5-15-32(30)28-33)42-21-11-18-38-36-16-6-8-22-43(36)48-45(38)42/h1-29H. The Morgan fingerprint density at radius 3 is 2.04 bits per heavy atom. The summed E-state index contributed by atoms with van der Waals surface area (Å²) in [6, 6.07) is 63.2. The van der Waals surface area contributed by atoms with Gasteiger partial charge in [-0.2, -0.15) is 0 Å². The van der Waals surface area contributed by atoms with E-state index in [0.29, 0.717) is 0 Å². The molecule has 10 aromatic rings. The second kappa shape index (κ2) is 11.2. The lowest BCUT2D eigenvalue weighted by Crippen LogP contribution is -2.10. The number of hydrogen-bond donors (Lipinski definition) is 0. The molecule has 0 radical (unpaired) electrons. The lowest BCUT2D eigenvalue weighted by atomic mass is 9.92. The van der Waals surface area contributed by atoms with Crippen molar-refractivity contribution in [1.82, 2.24) is 0 Å². The maximum absolute atomic E-state index is 6.64. The zero-order valence-corrected chi connectivity index (χ0v) is 27.3. The van der Waals surface area contributed by atoms with Gasteiger partial charge in [0.25, 0.3) is 0 Å². The van der Waals surface area contributed by atoms with Crippen molar-refractivity contribution in [2.45, 2.75) is 0 Å². The van der Waals surface area contributed by atoms with Crippen LogP contribution in [0.5, 0.6) is 0 Å². The van der Waals surface area contributed by atoms with Gasteiger partial charge >= 0.3 is 0 Å². The molecule has 0 spiro atoms. The van der Waals surface area contributed by atoms with E-state index in [1.165, 1.54) is 53.2 Å². The van der Waals surface area contributed by atoms with Gasteiger partial charge in [0, 0.05) is 47.9 Å². The van der Waals surface area contributed by atoms with Gasteiger partial charge in [-0.15, -0.1) is 11.3 Å². The zero-order valence-electron chi connectivity index (χ0n) is 26.5. The SMILES string of the molecule is c1ccc(-c2cc(N(c3ccc4ccccc4c3)c3cccc4c3oc3ccccc34)ccc2-c2cccc3c2sc2ccccc23)cc1. The van der Waals surface area contributed by atoms with E-state index in [4.69, 9.17) is 4.42 Å². The number of hydrogen-bond acceptors (Lipinski definition) is 3. The van der Waals surface area contributed by atoms with Crippen molar-refractivity contribution in [3.63, 3.8) is 0 Å². The highest BCUT2D eigenvalue weighted by Crippen LogP contribution is 2.47. The van der Waals surface area contributed by atoms with E-state index in [1.54, 1.807) is 0 Å². The minimum absolute atomic E-state index is 0.872. The molecule has 2 heterocycles. The van der Waals surface area contributed by atoms with E-state index in [0.717, 1.165) is 39.0 Å². The van der Waals surface area contributed by atoms with Crippen molar-refractivity contribution < 1.29 is 4.42 Å². The summed E-state index contributed by atoms with van der Waals surface area (Å²) in [6.07, 6.45) is 0. The predicted octanol–water partition coefficient (Wildman–Crippen LogP) is 13.9. The summed E-state index contributed by atoms with van der Waals surface area (Å²) in [7, 11) is 0. The molecule has 0 atom stereocenters. The molecule has 0 saturated heterocycles. The summed E-state index contributed by atoms with van der Waals surface area (Å²) in [5.74, 6) is 0. The van der Waals surface area contributed by atoms with Gasteiger partial charge in [0.15, 0.2) is 5.58 Å². The first-order valence-corrected chi connectivity index (χ1v) is 17.4. The monoisotopic (exact) mass is 643 g/mol. The number of fused-ring (bicyclic) bond motifs is 7. The molecule has 2 nitrogen and oxygen atoms in total. The van der Waals surface area contributed by atoms with Crippen LogP contribution in [0.4, 0.5) is 17.1 Å². The predicted molar refractivity (Wildman–Crippen MR) is 210 cm³/mol. The van der Waals surface area contributed by atoms with E-state index < -0.39 is 0 Å². The van der Waals surface area contributed by atoms with Crippen molar-refractivity contribution in [2.24, 2.45) is 0 Å². The molecular weight excluding hydrogens is 615 g/mol. The molecule has 0 unspecified atom stereocenters. The molecule has 10 rings (SSSR count). The van der Waals surface area contributed by atoms with Crippen molar-refractivity contribution in [3.05, 3.63) is 176 Å². The first-order valence-electron chi connectivity index (χ1n) is 16.6. The van der Waals surface area contributed by atoms with Crippen molar-refractivity contribution in [3.8, 4) is 22.3 Å². The van der Waals surface area contributed by atoms with Gasteiger partial charge in [-0.3, -0.25) is 0 Å². The Labute approximate surface area is 287 Å². The third-order valence-corrected chi connectivity index (χ3v) is 10.9. The third-order valence-electron chi connectivity index (χ3n) is 9.66. The molecule has 0 saturated carbocycles. The Morgan fingerprint density at radius 2 is 1.12 bits per heavy atom.